The molecule has 1 rings (SSSR count). The molecule has 1 aliphatic heterocycles. The van der Waals surface area contributed by atoms with Crippen LogP contribution in [0.25, 0.3) is 0 Å². The molecular formula is C11H20N2O3. The van der Waals surface area contributed by atoms with Gasteiger partial charge in [-0.3, -0.25) is 4.79 Å². The molecule has 0 radical (unpaired) electrons. The van der Waals surface area contributed by atoms with Crippen LogP contribution in [0, 0.1) is 0 Å². The molecule has 0 bridgehead atoms. The molecule has 1 aliphatic rings. The molecule has 0 aromatic rings. The first-order chi connectivity index (χ1) is 7.56. The summed E-state index contributed by atoms with van der Waals surface area (Å²) in [5, 5.41) is 2.68. The summed E-state index contributed by atoms with van der Waals surface area (Å²) in [7, 11) is 3.84. The Balaban J connectivity index is 0.000000315. The largest absolute Gasteiger partial charge is 0.461 e. The van der Waals surface area contributed by atoms with Crippen molar-refractivity contribution in [2.24, 2.45) is 0 Å². The van der Waals surface area contributed by atoms with Crippen LogP contribution in [0.3, 0.4) is 0 Å². The maximum atomic E-state index is 10.4. The molecule has 16 heavy (non-hydrogen) atoms. The van der Waals surface area contributed by atoms with E-state index in [1.54, 1.807) is 0 Å². The minimum atomic E-state index is -0.359. The lowest BCUT2D eigenvalue weighted by molar-refractivity contribution is -0.138. The van der Waals surface area contributed by atoms with Crippen LogP contribution >= 0.6 is 0 Å². The zero-order chi connectivity index (χ0) is 12.4. The summed E-state index contributed by atoms with van der Waals surface area (Å²) in [6.07, 6.45) is 2.93. The van der Waals surface area contributed by atoms with Crippen molar-refractivity contribution in [2.45, 2.75) is 12.8 Å². The minimum Gasteiger partial charge on any atom is -0.461 e. The molecule has 5 heteroatoms. The van der Waals surface area contributed by atoms with Crippen LogP contribution in [0.4, 0.5) is 0 Å². The summed E-state index contributed by atoms with van der Waals surface area (Å²) in [5.74, 6) is -0.156. The van der Waals surface area contributed by atoms with Gasteiger partial charge in [-0.25, -0.2) is 4.79 Å². The Bertz CT molecular complexity index is 231. The fourth-order valence-corrected chi connectivity index (χ4v) is 0.953. The molecule has 1 N–H and O–H groups in total. The highest BCUT2D eigenvalue weighted by Gasteiger charge is 2.05. The molecular weight excluding hydrogens is 208 g/mol. The number of likely N-dealkylation sites (N-methyl/N-ethyl adjacent to an activating group) is 1. The molecule has 92 valence electrons. The molecule has 1 saturated heterocycles. The maximum absolute atomic E-state index is 10.4. The van der Waals surface area contributed by atoms with Gasteiger partial charge < -0.3 is 15.0 Å². The smallest absolute Gasteiger partial charge is 0.330 e. The number of carbonyl (C=O) groups is 2. The number of nitrogens with one attached hydrogen (secondary N) is 1. The number of carbonyl (C=O) groups excluding carboxylic acids is 2. The van der Waals surface area contributed by atoms with Crippen LogP contribution in [0.15, 0.2) is 12.7 Å². The topological polar surface area (TPSA) is 58.6 Å². The van der Waals surface area contributed by atoms with Gasteiger partial charge in [0, 0.05) is 25.6 Å². The number of nitrogens with zero attached hydrogens (tertiary/aromatic N) is 1. The van der Waals surface area contributed by atoms with Gasteiger partial charge in [0.1, 0.15) is 6.61 Å². The van der Waals surface area contributed by atoms with Gasteiger partial charge in [-0.05, 0) is 20.5 Å². The van der Waals surface area contributed by atoms with Crippen LogP contribution in [-0.4, -0.2) is 50.6 Å². The molecule has 0 aromatic heterocycles. The zero-order valence-corrected chi connectivity index (χ0v) is 9.99. The number of esters is 1. The van der Waals surface area contributed by atoms with E-state index in [1.165, 1.54) is 0 Å². The molecule has 0 atom stereocenters. The molecule has 0 aromatic carbocycles. The van der Waals surface area contributed by atoms with Crippen molar-refractivity contribution < 1.29 is 14.3 Å². The molecule has 1 fully saturated rings. The predicted octanol–water partition coefficient (Wildman–Crippen LogP) is 0.174. The fraction of sp³-hybridized carbons (Fsp3) is 0.636. The van der Waals surface area contributed by atoms with Gasteiger partial charge >= 0.3 is 5.97 Å². The first kappa shape index (κ1) is 14.6. The summed E-state index contributed by atoms with van der Waals surface area (Å²) >= 11 is 0. The Morgan fingerprint density at radius 2 is 2.31 bits per heavy atom. The van der Waals surface area contributed by atoms with Crippen molar-refractivity contribution in [3.05, 3.63) is 12.7 Å². The van der Waals surface area contributed by atoms with E-state index < -0.39 is 0 Å². The van der Waals surface area contributed by atoms with Crippen molar-refractivity contribution in [2.75, 3.05) is 33.8 Å². The average Bonchev–Trinajstić information content (AvgIpc) is 2.69. The van der Waals surface area contributed by atoms with Crippen molar-refractivity contribution in [3.8, 4) is 0 Å². The monoisotopic (exact) mass is 228 g/mol. The van der Waals surface area contributed by atoms with Gasteiger partial charge in [0.15, 0.2) is 0 Å². The van der Waals surface area contributed by atoms with Gasteiger partial charge in [-0.2, -0.15) is 0 Å². The number of amides is 1. The number of hydrogen-bond acceptors (Lipinski definition) is 4. The second-order valence-electron chi connectivity index (χ2n) is 3.63. The van der Waals surface area contributed by atoms with Crippen LogP contribution in [-0.2, 0) is 14.3 Å². The lowest BCUT2D eigenvalue weighted by atomic mass is 10.4. The summed E-state index contributed by atoms with van der Waals surface area (Å²) in [5.41, 5.74) is 0. The Kier molecular flexibility index (Phi) is 8.15. The molecule has 1 heterocycles. The van der Waals surface area contributed by atoms with Crippen molar-refractivity contribution in [1.29, 1.82) is 0 Å². The van der Waals surface area contributed by atoms with Crippen LogP contribution < -0.4 is 5.32 Å². The van der Waals surface area contributed by atoms with Gasteiger partial charge in [-0.1, -0.05) is 6.58 Å². The Morgan fingerprint density at radius 3 is 2.62 bits per heavy atom. The highest BCUT2D eigenvalue weighted by atomic mass is 16.5. The molecule has 0 spiro atoms. The quantitative estimate of drug-likeness (QED) is 0.550. The number of hydrogen-bond donors (Lipinski definition) is 1. The molecule has 0 aliphatic carbocycles. The highest BCUT2D eigenvalue weighted by Crippen LogP contribution is 1.93. The lowest BCUT2D eigenvalue weighted by Gasteiger charge is -2.07. The first-order valence-electron chi connectivity index (χ1n) is 5.27. The van der Waals surface area contributed by atoms with Crippen LogP contribution in [0.1, 0.15) is 12.8 Å². The fourth-order valence-electron chi connectivity index (χ4n) is 0.953. The van der Waals surface area contributed by atoms with E-state index in [2.05, 4.69) is 11.9 Å². The Morgan fingerprint density at radius 1 is 1.62 bits per heavy atom. The minimum absolute atomic E-state index is 0.204. The van der Waals surface area contributed by atoms with Gasteiger partial charge in [0.25, 0.3) is 0 Å². The van der Waals surface area contributed by atoms with E-state index in [-0.39, 0.29) is 11.9 Å². The van der Waals surface area contributed by atoms with Crippen molar-refractivity contribution in [1.82, 2.24) is 10.2 Å². The highest BCUT2D eigenvalue weighted by molar-refractivity contribution is 5.81. The van der Waals surface area contributed by atoms with Crippen molar-refractivity contribution in [3.63, 3.8) is 0 Å². The molecule has 5 nitrogen and oxygen atoms in total. The number of ether oxygens (including phenoxy) is 1. The summed E-state index contributed by atoms with van der Waals surface area (Å²) in [6, 6.07) is 0. The van der Waals surface area contributed by atoms with E-state index in [1.807, 2.05) is 19.0 Å². The first-order valence-corrected chi connectivity index (χ1v) is 5.27. The predicted molar refractivity (Wildman–Crippen MR) is 62.0 cm³/mol. The second kappa shape index (κ2) is 8.91. The van der Waals surface area contributed by atoms with Crippen LogP contribution in [0.2, 0.25) is 0 Å². The zero-order valence-electron chi connectivity index (χ0n) is 9.99. The summed E-state index contributed by atoms with van der Waals surface area (Å²) < 4.78 is 4.70. The molecule has 0 saturated carbocycles. The van der Waals surface area contributed by atoms with Crippen LogP contribution in [0.5, 0.6) is 0 Å². The summed E-state index contributed by atoms with van der Waals surface area (Å²) in [6.45, 7) is 5.34. The third-order valence-electron chi connectivity index (χ3n) is 1.85. The molecule has 0 unspecified atom stereocenters. The lowest BCUT2D eigenvalue weighted by Crippen LogP contribution is -2.19. The van der Waals surface area contributed by atoms with Gasteiger partial charge in [0.2, 0.25) is 5.91 Å². The van der Waals surface area contributed by atoms with E-state index in [9.17, 15) is 9.59 Å². The van der Waals surface area contributed by atoms with E-state index in [4.69, 9.17) is 4.74 Å². The number of rotatable bonds is 4. The van der Waals surface area contributed by atoms with E-state index in [0.29, 0.717) is 6.61 Å². The third kappa shape index (κ3) is 9.21. The van der Waals surface area contributed by atoms with E-state index in [0.717, 1.165) is 32.0 Å². The molecule has 1 amide bonds. The Labute approximate surface area is 96.4 Å². The average molecular weight is 228 g/mol. The second-order valence-corrected chi connectivity index (χ2v) is 3.63. The summed E-state index contributed by atoms with van der Waals surface area (Å²) in [4.78, 5) is 22.5. The SMILES string of the molecule is C=CC(=O)OCCN(C)C.O=C1CCCN1. The van der Waals surface area contributed by atoms with Crippen molar-refractivity contribution >= 4 is 11.9 Å². The normalized spacial score (nSPS) is 13.8. The van der Waals surface area contributed by atoms with E-state index >= 15 is 0 Å². The standard InChI is InChI=1S/C7H13NO2.C4H7NO/c1-4-7(9)10-6-5-8(2)3;6-4-2-1-3-5-4/h4H,1,5-6H2,2-3H3;1-3H2,(H,5,6). The van der Waals surface area contributed by atoms with Gasteiger partial charge in [0.05, 0.1) is 0 Å². The Hall–Kier alpha value is -1.36. The maximum Gasteiger partial charge on any atom is 0.330 e. The van der Waals surface area contributed by atoms with Gasteiger partial charge in [-0.15, -0.1) is 0 Å². The third-order valence-corrected chi connectivity index (χ3v) is 1.85.